The van der Waals surface area contributed by atoms with Gasteiger partial charge in [0.1, 0.15) is 5.75 Å². The maximum absolute atomic E-state index is 11.9. The number of halogens is 3. The summed E-state index contributed by atoms with van der Waals surface area (Å²) in [7, 11) is 0. The zero-order valence-corrected chi connectivity index (χ0v) is 9.87. The van der Waals surface area contributed by atoms with Crippen molar-refractivity contribution in [2.75, 3.05) is 6.54 Å². The SMILES string of the molecule is C#CCNC(N)=NCc1ccc(OC(F)(F)F)cc1. The zero-order valence-electron chi connectivity index (χ0n) is 9.87. The van der Waals surface area contributed by atoms with E-state index >= 15 is 0 Å². The van der Waals surface area contributed by atoms with Gasteiger partial charge in [0, 0.05) is 0 Å². The lowest BCUT2D eigenvalue weighted by Gasteiger charge is -2.08. The number of hydrogen-bond acceptors (Lipinski definition) is 2. The van der Waals surface area contributed by atoms with Crippen molar-refractivity contribution in [2.24, 2.45) is 10.7 Å². The van der Waals surface area contributed by atoms with E-state index in [1.165, 1.54) is 24.3 Å². The van der Waals surface area contributed by atoms with Crippen molar-refractivity contribution in [1.29, 1.82) is 0 Å². The molecule has 0 aliphatic heterocycles. The highest BCUT2D eigenvalue weighted by atomic mass is 19.4. The Balaban J connectivity index is 2.55. The third-order valence-electron chi connectivity index (χ3n) is 1.96. The molecule has 0 unspecified atom stereocenters. The molecular weight excluding hydrogens is 259 g/mol. The average Bonchev–Trinajstić information content (AvgIpc) is 2.33. The number of hydrogen-bond donors (Lipinski definition) is 2. The van der Waals surface area contributed by atoms with Gasteiger partial charge in [-0.3, -0.25) is 0 Å². The van der Waals surface area contributed by atoms with Crippen molar-refractivity contribution < 1.29 is 17.9 Å². The fourth-order valence-electron chi connectivity index (χ4n) is 1.17. The van der Waals surface area contributed by atoms with Crippen LogP contribution in [0.5, 0.6) is 5.75 Å². The number of nitrogens with one attached hydrogen (secondary N) is 1. The Bertz CT molecular complexity index is 474. The maximum atomic E-state index is 11.9. The highest BCUT2D eigenvalue weighted by molar-refractivity contribution is 5.78. The van der Waals surface area contributed by atoms with Gasteiger partial charge in [0.25, 0.3) is 0 Å². The lowest BCUT2D eigenvalue weighted by Crippen LogP contribution is -2.31. The lowest BCUT2D eigenvalue weighted by molar-refractivity contribution is -0.274. The summed E-state index contributed by atoms with van der Waals surface area (Å²) in [5, 5.41) is 2.66. The van der Waals surface area contributed by atoms with Gasteiger partial charge < -0.3 is 15.8 Å². The van der Waals surface area contributed by atoms with Crippen LogP contribution in [0.2, 0.25) is 0 Å². The van der Waals surface area contributed by atoms with Gasteiger partial charge in [0.2, 0.25) is 0 Å². The molecule has 0 bridgehead atoms. The van der Waals surface area contributed by atoms with Crippen molar-refractivity contribution in [2.45, 2.75) is 12.9 Å². The molecule has 1 aromatic rings. The third-order valence-corrected chi connectivity index (χ3v) is 1.96. The van der Waals surface area contributed by atoms with Crippen molar-refractivity contribution in [3.63, 3.8) is 0 Å². The summed E-state index contributed by atoms with van der Waals surface area (Å²) < 4.78 is 39.5. The Hall–Kier alpha value is -2.36. The van der Waals surface area contributed by atoms with E-state index in [4.69, 9.17) is 12.2 Å². The Labute approximate surface area is 108 Å². The molecule has 0 fully saturated rings. The molecule has 19 heavy (non-hydrogen) atoms. The Morgan fingerprint density at radius 3 is 2.53 bits per heavy atom. The topological polar surface area (TPSA) is 59.6 Å². The van der Waals surface area contributed by atoms with Crippen molar-refractivity contribution in [1.82, 2.24) is 5.32 Å². The largest absolute Gasteiger partial charge is 0.573 e. The quantitative estimate of drug-likeness (QED) is 0.497. The van der Waals surface area contributed by atoms with E-state index in [0.717, 1.165) is 0 Å². The summed E-state index contributed by atoms with van der Waals surface area (Å²) in [6, 6.07) is 5.37. The van der Waals surface area contributed by atoms with Crippen LogP contribution in [0.1, 0.15) is 5.56 Å². The molecular formula is C12H12F3N3O. The van der Waals surface area contributed by atoms with E-state index in [-0.39, 0.29) is 24.8 Å². The molecule has 7 heteroatoms. The van der Waals surface area contributed by atoms with E-state index in [1.807, 2.05) is 0 Å². The number of ether oxygens (including phenoxy) is 1. The summed E-state index contributed by atoms with van der Waals surface area (Å²) in [5.74, 6) is 2.23. The molecule has 3 N–H and O–H groups in total. The highest BCUT2D eigenvalue weighted by Gasteiger charge is 2.30. The van der Waals surface area contributed by atoms with Gasteiger partial charge in [-0.25, -0.2) is 4.99 Å². The predicted octanol–water partition coefficient (Wildman–Crippen LogP) is 1.62. The van der Waals surface area contributed by atoms with Gasteiger partial charge in [-0.05, 0) is 17.7 Å². The molecule has 1 aromatic carbocycles. The van der Waals surface area contributed by atoms with Gasteiger partial charge in [0.15, 0.2) is 5.96 Å². The van der Waals surface area contributed by atoms with Crippen LogP contribution < -0.4 is 15.8 Å². The number of guanidine groups is 1. The number of aliphatic imine (C=N–C) groups is 1. The smallest absolute Gasteiger partial charge is 0.406 e. The van der Waals surface area contributed by atoms with E-state index in [9.17, 15) is 13.2 Å². The molecule has 0 atom stereocenters. The first kappa shape index (κ1) is 14.7. The minimum atomic E-state index is -4.69. The average molecular weight is 271 g/mol. The summed E-state index contributed by atoms with van der Waals surface area (Å²) in [6.07, 6.45) is 0.331. The summed E-state index contributed by atoms with van der Waals surface area (Å²) in [4.78, 5) is 3.96. The summed E-state index contributed by atoms with van der Waals surface area (Å²) >= 11 is 0. The molecule has 0 aliphatic carbocycles. The molecule has 0 heterocycles. The minimum Gasteiger partial charge on any atom is -0.406 e. The lowest BCUT2D eigenvalue weighted by atomic mass is 10.2. The number of rotatable bonds is 4. The van der Waals surface area contributed by atoms with Gasteiger partial charge in [-0.1, -0.05) is 18.1 Å². The molecule has 0 aromatic heterocycles. The van der Waals surface area contributed by atoms with Crippen LogP contribution in [-0.2, 0) is 6.54 Å². The van der Waals surface area contributed by atoms with Crippen LogP contribution in [-0.4, -0.2) is 18.9 Å². The van der Waals surface area contributed by atoms with Crippen LogP contribution in [0.25, 0.3) is 0 Å². The monoisotopic (exact) mass is 271 g/mol. The highest BCUT2D eigenvalue weighted by Crippen LogP contribution is 2.22. The number of nitrogens with two attached hydrogens (primary N) is 1. The van der Waals surface area contributed by atoms with Gasteiger partial charge in [-0.15, -0.1) is 19.6 Å². The summed E-state index contributed by atoms with van der Waals surface area (Å²) in [5.41, 5.74) is 6.19. The Kier molecular flexibility index (Phi) is 5.06. The number of alkyl halides is 3. The second-order valence-corrected chi connectivity index (χ2v) is 3.45. The van der Waals surface area contributed by atoms with Crippen LogP contribution in [0.15, 0.2) is 29.3 Å². The maximum Gasteiger partial charge on any atom is 0.573 e. The fourth-order valence-corrected chi connectivity index (χ4v) is 1.17. The van der Waals surface area contributed by atoms with E-state index in [1.54, 1.807) is 0 Å². The van der Waals surface area contributed by atoms with E-state index < -0.39 is 6.36 Å². The Morgan fingerprint density at radius 2 is 2.00 bits per heavy atom. The first-order chi connectivity index (χ1) is 8.90. The van der Waals surface area contributed by atoms with Crippen LogP contribution in [0.3, 0.4) is 0 Å². The van der Waals surface area contributed by atoms with Gasteiger partial charge in [0.05, 0.1) is 13.1 Å². The third kappa shape index (κ3) is 6.21. The van der Waals surface area contributed by atoms with Crippen LogP contribution in [0, 0.1) is 12.3 Å². The molecule has 1 rings (SSSR count). The van der Waals surface area contributed by atoms with Crippen molar-refractivity contribution >= 4 is 5.96 Å². The first-order valence-electron chi connectivity index (χ1n) is 5.22. The predicted molar refractivity (Wildman–Crippen MR) is 65.3 cm³/mol. The van der Waals surface area contributed by atoms with Crippen LogP contribution >= 0.6 is 0 Å². The molecule has 0 spiro atoms. The standard InChI is InChI=1S/C12H12F3N3O/c1-2-7-17-11(16)18-8-9-3-5-10(6-4-9)19-12(13,14)15/h1,3-6H,7-8H2,(H3,16,17,18). The first-order valence-corrected chi connectivity index (χ1v) is 5.22. The van der Waals surface area contributed by atoms with Crippen molar-refractivity contribution in [3.8, 4) is 18.1 Å². The van der Waals surface area contributed by atoms with Gasteiger partial charge >= 0.3 is 6.36 Å². The zero-order chi connectivity index (χ0) is 14.3. The second kappa shape index (κ2) is 6.54. The number of nitrogens with zero attached hydrogens (tertiary/aromatic N) is 1. The summed E-state index contributed by atoms with van der Waals surface area (Å²) in [6.45, 7) is 0.489. The molecule has 0 amide bonds. The normalized spacial score (nSPS) is 11.8. The molecule has 0 saturated carbocycles. The number of benzene rings is 1. The van der Waals surface area contributed by atoms with Crippen LogP contribution in [0.4, 0.5) is 13.2 Å². The fraction of sp³-hybridized carbons (Fsp3) is 0.250. The Morgan fingerprint density at radius 1 is 1.37 bits per heavy atom. The van der Waals surface area contributed by atoms with E-state index in [2.05, 4.69) is 21.0 Å². The number of terminal acetylenes is 1. The second-order valence-electron chi connectivity index (χ2n) is 3.45. The molecule has 102 valence electrons. The van der Waals surface area contributed by atoms with Gasteiger partial charge in [-0.2, -0.15) is 0 Å². The minimum absolute atomic E-state index is 0.175. The molecule has 0 aliphatic rings. The molecule has 0 saturated heterocycles. The van der Waals surface area contributed by atoms with Crippen molar-refractivity contribution in [3.05, 3.63) is 29.8 Å². The molecule has 0 radical (unpaired) electrons. The van der Waals surface area contributed by atoms with E-state index in [0.29, 0.717) is 5.56 Å². The molecule has 4 nitrogen and oxygen atoms in total.